The Morgan fingerprint density at radius 1 is 1.16 bits per heavy atom. The van der Waals surface area contributed by atoms with Crippen molar-refractivity contribution in [3.8, 4) is 10.4 Å². The number of thiophene rings is 1. The minimum Gasteiger partial charge on any atom is -0.343 e. The second kappa shape index (κ2) is 9.28. The van der Waals surface area contributed by atoms with Gasteiger partial charge in [-0.1, -0.05) is 0 Å². The van der Waals surface area contributed by atoms with E-state index >= 15 is 0 Å². The molecule has 1 aliphatic heterocycles. The number of imidazole rings is 1. The van der Waals surface area contributed by atoms with Gasteiger partial charge < -0.3 is 14.5 Å². The van der Waals surface area contributed by atoms with E-state index in [1.807, 2.05) is 21.6 Å². The quantitative estimate of drug-likeness (QED) is 0.303. The summed E-state index contributed by atoms with van der Waals surface area (Å²) in [6.07, 6.45) is 5.70. The summed E-state index contributed by atoms with van der Waals surface area (Å²) < 4.78 is 1.94. The van der Waals surface area contributed by atoms with Gasteiger partial charge in [-0.2, -0.15) is 5.10 Å². The predicted octanol–water partition coefficient (Wildman–Crippen LogP) is 3.30. The summed E-state index contributed by atoms with van der Waals surface area (Å²) in [6, 6.07) is 7.31. The number of amides is 2. The second-order valence-corrected chi connectivity index (χ2v) is 10.1. The highest BCUT2D eigenvalue weighted by molar-refractivity contribution is 7.17. The Hall–Kier alpha value is -4.32. The third kappa shape index (κ3) is 4.40. The van der Waals surface area contributed by atoms with Gasteiger partial charge in [-0.3, -0.25) is 24.8 Å². The largest absolute Gasteiger partial charge is 0.343 e. The summed E-state index contributed by atoms with van der Waals surface area (Å²) in [5, 5.41) is 9.72. The van der Waals surface area contributed by atoms with Crippen LogP contribution in [0.15, 0.2) is 41.5 Å². The molecule has 0 radical (unpaired) electrons. The van der Waals surface area contributed by atoms with Crippen molar-refractivity contribution >= 4 is 51.2 Å². The van der Waals surface area contributed by atoms with Crippen molar-refractivity contribution in [2.75, 3.05) is 18.4 Å². The molecule has 0 aliphatic carbocycles. The highest BCUT2D eigenvalue weighted by Crippen LogP contribution is 2.29. The number of likely N-dealkylation sites (tertiary alicyclic amines) is 1. The number of hydrogen-bond donors (Lipinski definition) is 3. The van der Waals surface area contributed by atoms with Gasteiger partial charge in [-0.25, -0.2) is 9.97 Å². The summed E-state index contributed by atoms with van der Waals surface area (Å²) in [5.74, 6) is 0.322. The van der Waals surface area contributed by atoms with Gasteiger partial charge in [-0.15, -0.1) is 11.3 Å². The fraction of sp³-hybridized carbons (Fsp3) is 0.280. The molecule has 12 heteroatoms. The molecule has 11 nitrogen and oxygen atoms in total. The monoisotopic (exact) mass is 516 g/mol. The van der Waals surface area contributed by atoms with E-state index in [-0.39, 0.29) is 17.4 Å². The van der Waals surface area contributed by atoms with E-state index in [0.717, 1.165) is 28.9 Å². The van der Waals surface area contributed by atoms with Gasteiger partial charge in [-0.05, 0) is 44.0 Å². The Morgan fingerprint density at radius 3 is 2.84 bits per heavy atom. The molecule has 0 saturated carbocycles. The predicted molar refractivity (Wildman–Crippen MR) is 141 cm³/mol. The summed E-state index contributed by atoms with van der Waals surface area (Å²) in [7, 11) is 0. The Bertz CT molecular complexity index is 1700. The maximum absolute atomic E-state index is 13.2. The van der Waals surface area contributed by atoms with Crippen LogP contribution in [0.2, 0.25) is 0 Å². The molecule has 6 rings (SSSR count). The molecule has 0 spiro atoms. The number of H-pyrrole nitrogens is 2. The molecule has 0 atom stereocenters. The van der Waals surface area contributed by atoms with Gasteiger partial charge in [0, 0.05) is 42.7 Å². The summed E-state index contributed by atoms with van der Waals surface area (Å²) in [5.41, 5.74) is 3.69. The number of rotatable bonds is 7. The van der Waals surface area contributed by atoms with Gasteiger partial charge in [0.2, 0.25) is 11.9 Å². The van der Waals surface area contributed by atoms with Crippen LogP contribution < -0.4 is 10.9 Å². The molecule has 1 aliphatic rings. The molecule has 1 aromatic carbocycles. The van der Waals surface area contributed by atoms with Gasteiger partial charge in [0.15, 0.2) is 0 Å². The number of anilines is 1. The highest BCUT2D eigenvalue weighted by atomic mass is 32.1. The Balaban J connectivity index is 1.33. The second-order valence-electron chi connectivity index (χ2n) is 9.04. The zero-order valence-electron chi connectivity index (χ0n) is 20.1. The van der Waals surface area contributed by atoms with Crippen molar-refractivity contribution in [2.45, 2.75) is 32.7 Å². The third-order valence-corrected chi connectivity index (χ3v) is 7.68. The summed E-state index contributed by atoms with van der Waals surface area (Å²) >= 11 is 1.37. The van der Waals surface area contributed by atoms with Gasteiger partial charge in [0.1, 0.15) is 5.69 Å². The number of nitrogens with zero attached hydrogens (tertiary/aromatic N) is 5. The van der Waals surface area contributed by atoms with Crippen LogP contribution in [0, 0.1) is 6.92 Å². The van der Waals surface area contributed by atoms with Crippen molar-refractivity contribution in [1.82, 2.24) is 34.6 Å². The van der Waals surface area contributed by atoms with Crippen LogP contribution in [0.25, 0.3) is 32.5 Å². The summed E-state index contributed by atoms with van der Waals surface area (Å²) in [4.78, 5) is 52.6. The van der Waals surface area contributed by atoms with Gasteiger partial charge in [0.05, 0.1) is 33.1 Å². The van der Waals surface area contributed by atoms with Crippen molar-refractivity contribution < 1.29 is 9.59 Å². The van der Waals surface area contributed by atoms with E-state index in [2.05, 4.69) is 25.5 Å². The summed E-state index contributed by atoms with van der Waals surface area (Å²) in [6.45, 7) is 3.64. The average molecular weight is 517 g/mol. The lowest BCUT2D eigenvalue weighted by molar-refractivity contribution is -0.127. The number of carbonyl (C=O) groups excluding carboxylic acids is 2. The first-order valence-corrected chi connectivity index (χ1v) is 12.9. The first kappa shape index (κ1) is 23.1. The zero-order chi connectivity index (χ0) is 25.5. The molecule has 5 heterocycles. The third-order valence-electron chi connectivity index (χ3n) is 6.55. The molecule has 4 aromatic heterocycles. The SMILES string of the molecule is Cc1nc2cc3c(cc2[nH]c1=O)nc(NC(=O)c1ccc(-c2cn[nH]c2)s1)n3CCCN1CCCC1=O. The van der Waals surface area contributed by atoms with E-state index < -0.39 is 0 Å². The number of fused-ring (bicyclic) bond motifs is 2. The van der Waals surface area contributed by atoms with E-state index in [0.29, 0.717) is 59.0 Å². The molecule has 5 aromatic rings. The van der Waals surface area contributed by atoms with Crippen LogP contribution in [0.3, 0.4) is 0 Å². The van der Waals surface area contributed by atoms with E-state index in [1.165, 1.54) is 11.3 Å². The molecule has 3 N–H and O–H groups in total. The maximum Gasteiger partial charge on any atom is 0.269 e. The van der Waals surface area contributed by atoms with Crippen LogP contribution in [-0.2, 0) is 11.3 Å². The van der Waals surface area contributed by atoms with Crippen molar-refractivity contribution in [2.24, 2.45) is 0 Å². The first-order chi connectivity index (χ1) is 18.0. The van der Waals surface area contributed by atoms with Crippen LogP contribution in [0.1, 0.15) is 34.6 Å². The fourth-order valence-electron chi connectivity index (χ4n) is 4.64. The van der Waals surface area contributed by atoms with E-state index in [9.17, 15) is 14.4 Å². The number of nitrogens with one attached hydrogen (secondary N) is 3. The minimum atomic E-state index is -0.266. The number of carbonyl (C=O) groups is 2. The van der Waals surface area contributed by atoms with Crippen molar-refractivity contribution in [3.05, 3.63) is 57.6 Å². The minimum absolute atomic E-state index is 0.185. The van der Waals surface area contributed by atoms with Crippen LogP contribution in [0.4, 0.5) is 5.95 Å². The lowest BCUT2D eigenvalue weighted by atomic mass is 10.2. The molecule has 0 unspecified atom stereocenters. The molecule has 37 heavy (non-hydrogen) atoms. The van der Waals surface area contributed by atoms with Gasteiger partial charge in [0.25, 0.3) is 11.5 Å². The molecule has 2 amide bonds. The number of hydrogen-bond acceptors (Lipinski definition) is 7. The Morgan fingerprint density at radius 2 is 2.05 bits per heavy atom. The number of benzene rings is 1. The fourth-order valence-corrected chi connectivity index (χ4v) is 5.52. The Kier molecular flexibility index (Phi) is 5.80. The van der Waals surface area contributed by atoms with Crippen LogP contribution >= 0.6 is 11.3 Å². The van der Waals surface area contributed by atoms with Crippen LogP contribution in [-0.4, -0.2) is 59.5 Å². The molecular formula is C25H24N8O3S. The van der Waals surface area contributed by atoms with Crippen molar-refractivity contribution in [1.29, 1.82) is 0 Å². The molecule has 188 valence electrons. The van der Waals surface area contributed by atoms with Gasteiger partial charge >= 0.3 is 0 Å². The lowest BCUT2D eigenvalue weighted by Crippen LogP contribution is -2.26. The van der Waals surface area contributed by atoms with Crippen molar-refractivity contribution in [3.63, 3.8) is 0 Å². The topological polar surface area (TPSA) is 142 Å². The normalized spacial score (nSPS) is 13.8. The van der Waals surface area contributed by atoms with E-state index in [1.54, 1.807) is 31.5 Å². The van der Waals surface area contributed by atoms with E-state index in [4.69, 9.17) is 4.98 Å². The molecule has 0 bridgehead atoms. The number of aromatic nitrogens is 6. The number of aromatic amines is 2. The molecule has 1 fully saturated rings. The standard InChI is InChI=1S/C25H24N8O3S/c1-14-23(35)29-16-10-18-19(11-17(16)28-14)33(9-3-8-32-7-2-4-22(32)34)25(30-18)31-24(36)21-6-5-20(37-21)15-12-26-27-13-15/h5-6,10-13H,2-4,7-9H2,1H3,(H,26,27)(H,29,35)(H,30,31,36). The maximum atomic E-state index is 13.2. The highest BCUT2D eigenvalue weighted by Gasteiger charge is 2.21. The smallest absolute Gasteiger partial charge is 0.269 e. The zero-order valence-corrected chi connectivity index (χ0v) is 20.9. The average Bonchev–Trinajstić information content (AvgIpc) is 3.67. The molecular weight excluding hydrogens is 492 g/mol. The number of aryl methyl sites for hydroxylation is 2. The Labute approximate surface area is 214 Å². The first-order valence-electron chi connectivity index (χ1n) is 12.1. The van der Waals surface area contributed by atoms with Crippen LogP contribution in [0.5, 0.6) is 0 Å². The molecule has 1 saturated heterocycles. The lowest BCUT2D eigenvalue weighted by Gasteiger charge is -2.16.